The number of fused-ring (bicyclic) bond motifs is 2. The first-order valence-corrected chi connectivity index (χ1v) is 9.58. The summed E-state index contributed by atoms with van der Waals surface area (Å²) < 4.78 is 0. The Kier molecular flexibility index (Phi) is 4.93. The Hall–Kier alpha value is -2.33. The summed E-state index contributed by atoms with van der Waals surface area (Å²) in [5, 5.41) is 9.12. The minimum atomic E-state index is -0.726. The SMILES string of the molecule is O=C(O)CN1CCCC(CN2c3ccccc3CCc3ccccc32)C1. The first-order valence-electron chi connectivity index (χ1n) is 9.58. The molecular formula is C22H26N2O2. The van der Waals surface area contributed by atoms with Crippen LogP contribution in [-0.4, -0.2) is 42.2 Å². The van der Waals surface area contributed by atoms with E-state index in [9.17, 15) is 4.79 Å². The maximum Gasteiger partial charge on any atom is 0.317 e. The highest BCUT2D eigenvalue weighted by molar-refractivity contribution is 5.71. The van der Waals surface area contributed by atoms with Crippen LogP contribution in [0.15, 0.2) is 48.5 Å². The number of carboxylic acid groups (broad SMARTS) is 1. The molecule has 1 atom stereocenters. The second-order valence-corrected chi connectivity index (χ2v) is 7.51. The number of hydrogen-bond acceptors (Lipinski definition) is 3. The van der Waals surface area contributed by atoms with Gasteiger partial charge in [0.05, 0.1) is 6.54 Å². The molecule has 1 fully saturated rings. The lowest BCUT2D eigenvalue weighted by Crippen LogP contribution is -2.42. The van der Waals surface area contributed by atoms with Gasteiger partial charge >= 0.3 is 5.97 Å². The molecule has 4 heteroatoms. The number of nitrogens with zero attached hydrogens (tertiary/aromatic N) is 2. The first kappa shape index (κ1) is 17.1. The molecule has 2 heterocycles. The molecule has 2 aromatic carbocycles. The maximum atomic E-state index is 11.1. The fourth-order valence-corrected chi connectivity index (χ4v) is 4.46. The second-order valence-electron chi connectivity index (χ2n) is 7.51. The van der Waals surface area contributed by atoms with Crippen LogP contribution in [0.1, 0.15) is 24.0 Å². The zero-order valence-corrected chi connectivity index (χ0v) is 15.1. The third-order valence-electron chi connectivity index (χ3n) is 5.63. The minimum Gasteiger partial charge on any atom is -0.480 e. The van der Waals surface area contributed by atoms with Crippen LogP contribution in [0.3, 0.4) is 0 Å². The molecule has 1 unspecified atom stereocenters. The lowest BCUT2D eigenvalue weighted by atomic mass is 9.96. The summed E-state index contributed by atoms with van der Waals surface area (Å²) in [5.41, 5.74) is 5.43. The van der Waals surface area contributed by atoms with Gasteiger partial charge in [-0.1, -0.05) is 36.4 Å². The fraction of sp³-hybridized carbons (Fsp3) is 0.409. The number of rotatable bonds is 4. The Balaban J connectivity index is 1.62. The fourth-order valence-electron chi connectivity index (χ4n) is 4.46. The van der Waals surface area contributed by atoms with Gasteiger partial charge in [0.1, 0.15) is 0 Å². The Morgan fingerprint density at radius 2 is 1.62 bits per heavy atom. The molecule has 0 saturated carbocycles. The van der Waals surface area contributed by atoms with E-state index in [-0.39, 0.29) is 6.54 Å². The third-order valence-corrected chi connectivity index (χ3v) is 5.63. The van der Waals surface area contributed by atoms with E-state index in [4.69, 9.17) is 5.11 Å². The van der Waals surface area contributed by atoms with Gasteiger partial charge in [0.25, 0.3) is 0 Å². The molecule has 1 N–H and O–H groups in total. The number of carbonyl (C=O) groups is 1. The molecule has 0 radical (unpaired) electrons. The van der Waals surface area contributed by atoms with E-state index >= 15 is 0 Å². The topological polar surface area (TPSA) is 43.8 Å². The molecule has 0 bridgehead atoms. The monoisotopic (exact) mass is 350 g/mol. The van der Waals surface area contributed by atoms with E-state index in [1.807, 2.05) is 0 Å². The molecule has 4 rings (SSSR count). The summed E-state index contributed by atoms with van der Waals surface area (Å²) in [6, 6.07) is 17.4. The van der Waals surface area contributed by atoms with E-state index in [0.717, 1.165) is 45.3 Å². The van der Waals surface area contributed by atoms with Crippen LogP contribution in [0, 0.1) is 5.92 Å². The molecule has 2 aliphatic rings. The van der Waals surface area contributed by atoms with Gasteiger partial charge in [-0.15, -0.1) is 0 Å². The van der Waals surface area contributed by atoms with Crippen LogP contribution in [0.2, 0.25) is 0 Å². The van der Waals surface area contributed by atoms with Crippen molar-refractivity contribution in [2.45, 2.75) is 25.7 Å². The van der Waals surface area contributed by atoms with Crippen molar-refractivity contribution in [3.63, 3.8) is 0 Å². The van der Waals surface area contributed by atoms with E-state index in [0.29, 0.717) is 5.92 Å². The van der Waals surface area contributed by atoms with Crippen molar-refractivity contribution < 1.29 is 9.90 Å². The summed E-state index contributed by atoms with van der Waals surface area (Å²) in [7, 11) is 0. The Morgan fingerprint density at radius 3 is 2.23 bits per heavy atom. The molecule has 136 valence electrons. The number of carboxylic acids is 1. The smallest absolute Gasteiger partial charge is 0.317 e. The van der Waals surface area contributed by atoms with Crippen LogP contribution in [0.25, 0.3) is 0 Å². The molecule has 2 aliphatic heterocycles. The minimum absolute atomic E-state index is 0.156. The van der Waals surface area contributed by atoms with Crippen LogP contribution in [0.4, 0.5) is 11.4 Å². The zero-order chi connectivity index (χ0) is 17.9. The number of aliphatic carboxylic acids is 1. The maximum absolute atomic E-state index is 11.1. The molecular weight excluding hydrogens is 324 g/mol. The average molecular weight is 350 g/mol. The van der Waals surface area contributed by atoms with Gasteiger partial charge < -0.3 is 10.0 Å². The molecule has 26 heavy (non-hydrogen) atoms. The summed E-state index contributed by atoms with van der Waals surface area (Å²) in [6.07, 6.45) is 4.38. The van der Waals surface area contributed by atoms with Gasteiger partial charge in [-0.05, 0) is 61.4 Å². The number of piperidine rings is 1. The summed E-state index contributed by atoms with van der Waals surface area (Å²) >= 11 is 0. The zero-order valence-electron chi connectivity index (χ0n) is 15.1. The summed E-state index contributed by atoms with van der Waals surface area (Å²) in [4.78, 5) is 15.7. The van der Waals surface area contributed by atoms with Crippen LogP contribution in [0.5, 0.6) is 0 Å². The highest BCUT2D eigenvalue weighted by Crippen LogP contribution is 2.37. The van der Waals surface area contributed by atoms with Crippen molar-refractivity contribution in [1.82, 2.24) is 4.90 Å². The normalized spacial score (nSPS) is 20.2. The molecule has 0 aromatic heterocycles. The van der Waals surface area contributed by atoms with Crippen molar-refractivity contribution in [3.05, 3.63) is 59.7 Å². The standard InChI is InChI=1S/C22H26N2O2/c25-22(26)16-23-13-5-6-17(14-23)15-24-20-9-3-1-7-18(20)11-12-19-8-2-4-10-21(19)24/h1-4,7-10,17H,5-6,11-16H2,(H,25,26). The van der Waals surface area contributed by atoms with Gasteiger partial charge in [-0.2, -0.15) is 0 Å². The summed E-state index contributed by atoms with van der Waals surface area (Å²) in [6.45, 7) is 2.87. The third kappa shape index (κ3) is 3.61. The number of aryl methyl sites for hydroxylation is 2. The van der Waals surface area contributed by atoms with Crippen molar-refractivity contribution in [2.24, 2.45) is 5.92 Å². The number of hydrogen-bond donors (Lipinski definition) is 1. The van der Waals surface area contributed by atoms with Crippen molar-refractivity contribution in [2.75, 3.05) is 31.1 Å². The predicted molar refractivity (Wildman–Crippen MR) is 104 cm³/mol. The highest BCUT2D eigenvalue weighted by Gasteiger charge is 2.27. The average Bonchev–Trinajstić information content (AvgIpc) is 2.80. The van der Waals surface area contributed by atoms with E-state index in [2.05, 4.69) is 58.3 Å². The number of benzene rings is 2. The van der Waals surface area contributed by atoms with Gasteiger partial charge in [0.2, 0.25) is 0 Å². The van der Waals surface area contributed by atoms with Gasteiger partial charge in [0.15, 0.2) is 0 Å². The van der Waals surface area contributed by atoms with Gasteiger partial charge in [-0.25, -0.2) is 0 Å². The Bertz CT molecular complexity index is 742. The number of anilines is 2. The van der Waals surface area contributed by atoms with Gasteiger partial charge in [0, 0.05) is 24.5 Å². The quantitative estimate of drug-likeness (QED) is 0.913. The molecule has 1 saturated heterocycles. The van der Waals surface area contributed by atoms with Gasteiger partial charge in [-0.3, -0.25) is 9.69 Å². The van der Waals surface area contributed by atoms with Crippen molar-refractivity contribution in [3.8, 4) is 0 Å². The second kappa shape index (κ2) is 7.50. The molecule has 2 aromatic rings. The lowest BCUT2D eigenvalue weighted by molar-refractivity contribution is -0.138. The first-order chi connectivity index (χ1) is 12.7. The summed E-state index contributed by atoms with van der Waals surface area (Å²) in [5.74, 6) is -0.238. The van der Waals surface area contributed by atoms with Crippen molar-refractivity contribution >= 4 is 17.3 Å². The number of para-hydroxylation sites is 2. The lowest BCUT2D eigenvalue weighted by Gasteiger charge is -2.36. The highest BCUT2D eigenvalue weighted by atomic mass is 16.4. The van der Waals surface area contributed by atoms with Crippen LogP contribution in [-0.2, 0) is 17.6 Å². The van der Waals surface area contributed by atoms with E-state index < -0.39 is 5.97 Å². The molecule has 4 nitrogen and oxygen atoms in total. The molecule has 0 spiro atoms. The Morgan fingerprint density at radius 1 is 1.00 bits per heavy atom. The largest absolute Gasteiger partial charge is 0.480 e. The van der Waals surface area contributed by atoms with E-state index in [1.54, 1.807) is 0 Å². The van der Waals surface area contributed by atoms with Crippen LogP contribution >= 0.6 is 0 Å². The van der Waals surface area contributed by atoms with Crippen molar-refractivity contribution in [1.29, 1.82) is 0 Å². The van der Waals surface area contributed by atoms with Crippen LogP contribution < -0.4 is 4.90 Å². The molecule has 0 amide bonds. The van der Waals surface area contributed by atoms with E-state index in [1.165, 1.54) is 22.5 Å². The predicted octanol–water partition coefficient (Wildman–Crippen LogP) is 3.72. The number of likely N-dealkylation sites (tertiary alicyclic amines) is 1. The molecule has 0 aliphatic carbocycles. The Labute approximate surface area is 155 Å².